The summed E-state index contributed by atoms with van der Waals surface area (Å²) >= 11 is 0. The molecule has 0 radical (unpaired) electrons. The Morgan fingerprint density at radius 2 is 1.05 bits per heavy atom. The summed E-state index contributed by atoms with van der Waals surface area (Å²) in [7, 11) is 0. The minimum absolute atomic E-state index is 0.00334. The number of benzene rings is 4. The van der Waals surface area contributed by atoms with Crippen LogP contribution >= 0.6 is 0 Å². The third-order valence-corrected chi connectivity index (χ3v) is 16.3. The van der Waals surface area contributed by atoms with E-state index in [-0.39, 0.29) is 45.2 Å². The van der Waals surface area contributed by atoms with Gasteiger partial charge in [-0.3, -0.25) is 52.7 Å². The van der Waals surface area contributed by atoms with E-state index in [1.54, 1.807) is 131 Å². The average molecular weight is 1270 g/mol. The van der Waals surface area contributed by atoms with E-state index in [9.17, 15) is 72.9 Å². The van der Waals surface area contributed by atoms with Gasteiger partial charge in [-0.15, -0.1) is 0 Å². The molecule has 4 aromatic rings. The van der Waals surface area contributed by atoms with Crippen molar-refractivity contribution in [2.45, 2.75) is 152 Å². The quantitative estimate of drug-likeness (QED) is 0.0296. The third kappa shape index (κ3) is 20.0. The molecule has 494 valence electrons. The van der Waals surface area contributed by atoms with Crippen LogP contribution in [-0.4, -0.2) is 171 Å². The first-order valence-electron chi connectivity index (χ1n) is 30.7. The number of nitrogens with one attached hydrogen (secondary N) is 9. The van der Waals surface area contributed by atoms with E-state index in [0.29, 0.717) is 23.1 Å². The highest BCUT2D eigenvalue weighted by Gasteiger charge is 2.61. The smallest absolute Gasteiger partial charge is 0.326 e. The van der Waals surface area contributed by atoms with Gasteiger partial charge in [0, 0.05) is 25.9 Å². The Balaban J connectivity index is 1.05. The van der Waals surface area contributed by atoms with Gasteiger partial charge in [0.25, 0.3) is 0 Å². The largest absolute Gasteiger partial charge is 0.481 e. The zero-order chi connectivity index (χ0) is 67.4. The van der Waals surface area contributed by atoms with Crippen LogP contribution in [0.4, 0.5) is 0 Å². The molecule has 14 N–H and O–H groups in total. The van der Waals surface area contributed by atoms with Crippen LogP contribution in [0.5, 0.6) is 0 Å². The SMILES string of the molecule is CC(C)[C@H](NC(=O)[C@H](CC(=O)O)NC(=O)[C@@H](NC(=O)[C@@H]1CCCN1C(=O)[C@@H](NC(=O)[C@@H](N)Cc1ccccc1)C(C)C)[C@@H](C)O)C(=O)NCC(=O)NCC1CC1(C(=O)N[C@@H](Cc1ccccc1)C(=O)N[C@@H](C)C(=O)N[C@@H](Cc1ccccc1)C(=O)O)c1ccccc1. The second kappa shape index (κ2) is 33.5. The molecule has 0 aromatic heterocycles. The van der Waals surface area contributed by atoms with Crippen molar-refractivity contribution < 1.29 is 72.9 Å². The number of carbonyl (C=O) groups is 12. The minimum Gasteiger partial charge on any atom is -0.481 e. The second-order valence-electron chi connectivity index (χ2n) is 24.1. The van der Waals surface area contributed by atoms with Gasteiger partial charge >= 0.3 is 11.9 Å². The molecule has 1 heterocycles. The Morgan fingerprint density at radius 1 is 0.543 bits per heavy atom. The second-order valence-corrected chi connectivity index (χ2v) is 24.1. The van der Waals surface area contributed by atoms with Gasteiger partial charge in [-0.05, 0) is 79.5 Å². The molecule has 0 bridgehead atoms. The molecule has 1 aliphatic heterocycles. The molecule has 2 unspecified atom stereocenters. The number of aliphatic carboxylic acids is 2. The molecule has 4 aromatic carbocycles. The molecule has 1 saturated heterocycles. The Hall–Kier alpha value is -9.56. The first-order valence-corrected chi connectivity index (χ1v) is 30.7. The first-order chi connectivity index (χ1) is 43.7. The number of rotatable bonds is 33. The summed E-state index contributed by atoms with van der Waals surface area (Å²) in [6.45, 7) is 8.53. The molecule has 1 aliphatic carbocycles. The summed E-state index contributed by atoms with van der Waals surface area (Å²) in [6, 6.07) is 23.2. The fourth-order valence-corrected chi connectivity index (χ4v) is 11.0. The van der Waals surface area contributed by atoms with Crippen LogP contribution in [0.15, 0.2) is 121 Å². The van der Waals surface area contributed by atoms with E-state index in [2.05, 4.69) is 47.9 Å². The van der Waals surface area contributed by atoms with Gasteiger partial charge < -0.3 is 73.8 Å². The van der Waals surface area contributed by atoms with Gasteiger partial charge in [-0.25, -0.2) is 4.79 Å². The first kappa shape index (κ1) is 71.5. The Labute approximate surface area is 533 Å². The van der Waals surface area contributed by atoms with E-state index in [1.165, 1.54) is 18.7 Å². The highest BCUT2D eigenvalue weighted by atomic mass is 16.4. The molecule has 2 fully saturated rings. The molecule has 12 atom stereocenters. The summed E-state index contributed by atoms with van der Waals surface area (Å²) in [5.74, 6) is -12.4. The Kier molecular flexibility index (Phi) is 26.0. The molecule has 26 nitrogen and oxygen atoms in total. The lowest BCUT2D eigenvalue weighted by Crippen LogP contribution is -2.62. The maximum absolute atomic E-state index is 14.7. The number of aliphatic hydroxyl groups excluding tert-OH is 1. The summed E-state index contributed by atoms with van der Waals surface area (Å²) in [4.78, 5) is 164. The van der Waals surface area contributed by atoms with Crippen LogP contribution < -0.4 is 53.6 Å². The average Bonchev–Trinajstić information content (AvgIpc) is 1.56. The van der Waals surface area contributed by atoms with Crippen molar-refractivity contribution in [3.63, 3.8) is 0 Å². The lowest BCUT2D eigenvalue weighted by atomic mass is 9.91. The van der Waals surface area contributed by atoms with Crippen LogP contribution in [0.25, 0.3) is 0 Å². The number of nitrogens with two attached hydrogens (primary N) is 1. The maximum Gasteiger partial charge on any atom is 0.326 e. The van der Waals surface area contributed by atoms with Crippen molar-refractivity contribution in [2.75, 3.05) is 19.6 Å². The van der Waals surface area contributed by atoms with Gasteiger partial charge in [0.2, 0.25) is 59.1 Å². The number of aliphatic hydroxyl groups is 1. The van der Waals surface area contributed by atoms with E-state index in [4.69, 9.17) is 5.73 Å². The van der Waals surface area contributed by atoms with Crippen molar-refractivity contribution in [1.82, 2.24) is 52.8 Å². The fraction of sp³-hybridized carbons (Fsp3) is 0.455. The molecule has 92 heavy (non-hydrogen) atoms. The number of hydrogen-bond donors (Lipinski definition) is 13. The van der Waals surface area contributed by atoms with Crippen molar-refractivity contribution in [1.29, 1.82) is 0 Å². The van der Waals surface area contributed by atoms with Crippen molar-refractivity contribution >= 4 is 71.0 Å². The van der Waals surface area contributed by atoms with E-state index >= 15 is 0 Å². The lowest BCUT2D eigenvalue weighted by molar-refractivity contribution is -0.144. The predicted octanol–water partition coefficient (Wildman–Crippen LogP) is -0.111. The summed E-state index contributed by atoms with van der Waals surface area (Å²) in [6.07, 6.45) is -1.69. The Morgan fingerprint density at radius 3 is 1.59 bits per heavy atom. The van der Waals surface area contributed by atoms with Crippen LogP contribution in [0.1, 0.15) is 89.5 Å². The minimum atomic E-state index is -1.87. The highest BCUT2D eigenvalue weighted by molar-refractivity contribution is 6.00. The van der Waals surface area contributed by atoms with E-state index in [1.807, 2.05) is 18.2 Å². The number of likely N-dealkylation sites (tertiary alicyclic amines) is 1. The Bertz CT molecular complexity index is 3250. The van der Waals surface area contributed by atoms with Crippen LogP contribution in [0.2, 0.25) is 0 Å². The normalized spacial score (nSPS) is 18.7. The zero-order valence-electron chi connectivity index (χ0n) is 52.4. The predicted molar refractivity (Wildman–Crippen MR) is 336 cm³/mol. The number of carboxylic acids is 2. The zero-order valence-corrected chi connectivity index (χ0v) is 52.4. The molecular formula is C66H85N11O15. The summed E-state index contributed by atoms with van der Waals surface area (Å²) in [5.41, 5.74) is 7.70. The fourth-order valence-electron chi connectivity index (χ4n) is 11.0. The molecule has 0 spiro atoms. The van der Waals surface area contributed by atoms with Gasteiger partial charge in [0.1, 0.15) is 48.3 Å². The highest BCUT2D eigenvalue weighted by Crippen LogP contribution is 2.54. The molecule has 1 saturated carbocycles. The monoisotopic (exact) mass is 1270 g/mol. The molecule has 10 amide bonds. The molecule has 6 rings (SSSR count). The molecular weight excluding hydrogens is 1190 g/mol. The molecule has 2 aliphatic rings. The molecule has 26 heteroatoms. The number of amides is 10. The van der Waals surface area contributed by atoms with Crippen molar-refractivity contribution in [3.05, 3.63) is 144 Å². The van der Waals surface area contributed by atoms with Gasteiger partial charge in [0.05, 0.1) is 30.5 Å². The summed E-state index contributed by atoms with van der Waals surface area (Å²) in [5, 5.41) is 53.6. The van der Waals surface area contributed by atoms with Crippen LogP contribution in [0.3, 0.4) is 0 Å². The van der Waals surface area contributed by atoms with Gasteiger partial charge in [-0.1, -0.05) is 149 Å². The van der Waals surface area contributed by atoms with Crippen molar-refractivity contribution in [2.24, 2.45) is 23.5 Å². The van der Waals surface area contributed by atoms with E-state index in [0.717, 1.165) is 5.56 Å². The van der Waals surface area contributed by atoms with Crippen molar-refractivity contribution in [3.8, 4) is 0 Å². The maximum atomic E-state index is 14.7. The standard InChI is InChI=1S/C66H85N11O15/c1-37(2)53(74-59(85)48(33-52(80)81)71-62(88)55(40(6)78)76-60(86)50-28-19-29-77(50)63(89)54(38(3)4)75-57(83)46(67)30-41-20-11-7-12-21-41)61(87)69-36-51(79)68-35-45-34-66(45,44-26-17-10-18-27-44)65(92)73-47(31-42-22-13-8-14-23-42)58(84)70-39(5)56(82)72-49(64(90)91)32-43-24-15-9-16-25-43/h7-18,20-27,37-40,45-50,53-55,78H,19,28-36,67H2,1-6H3,(H,68,79)(H,69,87)(H,70,84)(H,71,88)(H,72,82)(H,73,92)(H,74,85)(H,75,83)(H,76,86)(H,80,81)(H,90,91)/t39-,40+,45?,46-,47-,48-,49-,50-,53-,54-,55-,66?/m0/s1. The van der Waals surface area contributed by atoms with E-state index < -0.39 is 168 Å². The number of hydrogen-bond acceptors (Lipinski definition) is 14. The topological polar surface area (TPSA) is 403 Å². The summed E-state index contributed by atoms with van der Waals surface area (Å²) < 4.78 is 0. The third-order valence-electron chi connectivity index (χ3n) is 16.3. The number of nitrogens with zero attached hydrogens (tertiary/aromatic N) is 1. The number of carbonyl (C=O) groups excluding carboxylic acids is 10. The van der Waals surface area contributed by atoms with Crippen LogP contribution in [0, 0.1) is 17.8 Å². The lowest BCUT2D eigenvalue weighted by Gasteiger charge is -2.32. The van der Waals surface area contributed by atoms with Gasteiger partial charge in [0.15, 0.2) is 0 Å². The van der Waals surface area contributed by atoms with Gasteiger partial charge in [-0.2, -0.15) is 0 Å². The van der Waals surface area contributed by atoms with Crippen LogP contribution in [-0.2, 0) is 82.2 Å². The number of carboxylic acid groups (broad SMARTS) is 2.